The van der Waals surface area contributed by atoms with E-state index in [1.807, 2.05) is 0 Å². The topological polar surface area (TPSA) is 96.0 Å². The summed E-state index contributed by atoms with van der Waals surface area (Å²) >= 11 is 0. The average Bonchev–Trinajstić information content (AvgIpc) is 2.16. The van der Waals surface area contributed by atoms with E-state index in [1.54, 1.807) is 25.1 Å². The number of hydrogen-bond donors (Lipinski definition) is 3. The maximum absolute atomic E-state index is 11.8. The molecule has 1 rings (SSSR count). The first-order chi connectivity index (χ1) is 7.42. The van der Waals surface area contributed by atoms with Gasteiger partial charge in [-0.15, -0.1) is 0 Å². The van der Waals surface area contributed by atoms with Crippen LogP contribution < -0.4 is 10.5 Å². The van der Waals surface area contributed by atoms with Gasteiger partial charge in [-0.2, -0.15) is 0 Å². The normalized spacial score (nSPS) is 13.3. The van der Waals surface area contributed by atoms with Crippen molar-refractivity contribution in [3.63, 3.8) is 0 Å². The Bertz CT molecular complexity index is 456. The minimum atomic E-state index is -3.51. The molecule has 0 aromatic heterocycles. The van der Waals surface area contributed by atoms with Gasteiger partial charge >= 0.3 is 0 Å². The Morgan fingerprint density at radius 3 is 2.50 bits per heavy atom. The molecule has 1 aromatic carbocycles. The molecule has 16 heavy (non-hydrogen) atoms. The Kier molecular flexibility index (Phi) is 4.03. The molecule has 0 aliphatic heterocycles. The molecular weight excluding hydrogens is 226 g/mol. The lowest BCUT2D eigenvalue weighted by Gasteiger charge is -2.13. The van der Waals surface area contributed by atoms with Crippen LogP contribution in [0.15, 0.2) is 35.2 Å². The van der Waals surface area contributed by atoms with Crippen LogP contribution >= 0.6 is 0 Å². The molecule has 0 fully saturated rings. The Hall–Kier alpha value is -1.40. The van der Waals surface area contributed by atoms with Gasteiger partial charge in [0.2, 0.25) is 10.0 Å². The summed E-state index contributed by atoms with van der Waals surface area (Å²) in [7, 11) is -3.51. The number of rotatable bonds is 5. The molecule has 0 amide bonds. The van der Waals surface area contributed by atoms with Crippen molar-refractivity contribution >= 4 is 15.9 Å². The van der Waals surface area contributed by atoms with Crippen LogP contribution in [0.1, 0.15) is 13.3 Å². The molecule has 0 radical (unpaired) electrons. The molecule has 0 saturated carbocycles. The summed E-state index contributed by atoms with van der Waals surface area (Å²) < 4.78 is 26.1. The van der Waals surface area contributed by atoms with Gasteiger partial charge < -0.3 is 5.73 Å². The summed E-state index contributed by atoms with van der Waals surface area (Å²) in [5.74, 6) is -0.0386. The van der Waals surface area contributed by atoms with E-state index < -0.39 is 10.0 Å². The van der Waals surface area contributed by atoms with Gasteiger partial charge in [-0.05, 0) is 19.1 Å². The van der Waals surface area contributed by atoms with Gasteiger partial charge in [0.25, 0.3) is 0 Å². The molecule has 5 nitrogen and oxygen atoms in total. The van der Waals surface area contributed by atoms with Crippen molar-refractivity contribution in [1.82, 2.24) is 4.72 Å². The zero-order valence-corrected chi connectivity index (χ0v) is 9.79. The van der Waals surface area contributed by atoms with E-state index in [4.69, 9.17) is 11.1 Å². The van der Waals surface area contributed by atoms with Crippen LogP contribution in [0.2, 0.25) is 0 Å². The fourth-order valence-corrected chi connectivity index (χ4v) is 2.57. The first-order valence-corrected chi connectivity index (χ1v) is 6.30. The second kappa shape index (κ2) is 5.09. The van der Waals surface area contributed by atoms with Gasteiger partial charge in [-0.1, -0.05) is 18.2 Å². The second-order valence-electron chi connectivity index (χ2n) is 3.56. The Morgan fingerprint density at radius 2 is 2.00 bits per heavy atom. The summed E-state index contributed by atoms with van der Waals surface area (Å²) in [5, 5.41) is 7.08. The van der Waals surface area contributed by atoms with Crippen LogP contribution in [0.25, 0.3) is 0 Å². The molecule has 88 valence electrons. The Balaban J connectivity index is 2.77. The van der Waals surface area contributed by atoms with Gasteiger partial charge in [-0.3, -0.25) is 5.41 Å². The number of hydrogen-bond acceptors (Lipinski definition) is 3. The third kappa shape index (κ3) is 3.63. The Morgan fingerprint density at radius 1 is 1.44 bits per heavy atom. The molecule has 4 N–H and O–H groups in total. The standard InChI is InChI=1S/C10H15N3O2S/c1-8(7-10(11)12)13-16(14,15)9-5-3-2-4-6-9/h2-6,8,13H,7H2,1H3,(H3,11,12). The van der Waals surface area contributed by atoms with Crippen LogP contribution in [0, 0.1) is 5.41 Å². The summed E-state index contributed by atoms with van der Waals surface area (Å²) in [6.07, 6.45) is 0.200. The van der Waals surface area contributed by atoms with Crippen molar-refractivity contribution in [3.05, 3.63) is 30.3 Å². The van der Waals surface area contributed by atoms with Crippen molar-refractivity contribution in [2.24, 2.45) is 5.73 Å². The zero-order chi connectivity index (χ0) is 12.2. The SMILES string of the molecule is CC(CC(=N)N)NS(=O)(=O)c1ccccc1. The highest BCUT2D eigenvalue weighted by atomic mass is 32.2. The fraction of sp³-hybridized carbons (Fsp3) is 0.300. The lowest BCUT2D eigenvalue weighted by Crippen LogP contribution is -2.35. The van der Waals surface area contributed by atoms with Crippen LogP contribution in [-0.2, 0) is 10.0 Å². The lowest BCUT2D eigenvalue weighted by molar-refractivity contribution is 0.564. The highest BCUT2D eigenvalue weighted by molar-refractivity contribution is 7.89. The van der Waals surface area contributed by atoms with E-state index in [0.29, 0.717) is 0 Å². The van der Waals surface area contributed by atoms with Crippen LogP contribution in [-0.4, -0.2) is 20.3 Å². The quantitative estimate of drug-likeness (QED) is 0.522. The van der Waals surface area contributed by atoms with Crippen LogP contribution in [0.4, 0.5) is 0 Å². The van der Waals surface area contributed by atoms with Crippen LogP contribution in [0.3, 0.4) is 0 Å². The Labute approximate surface area is 95.2 Å². The first-order valence-electron chi connectivity index (χ1n) is 4.82. The minimum Gasteiger partial charge on any atom is -0.388 e. The molecule has 0 heterocycles. The van der Waals surface area contributed by atoms with Crippen molar-refractivity contribution in [3.8, 4) is 0 Å². The molecule has 1 atom stereocenters. The van der Waals surface area contributed by atoms with Gasteiger partial charge in [0.1, 0.15) is 0 Å². The molecular formula is C10H15N3O2S. The maximum Gasteiger partial charge on any atom is 0.240 e. The monoisotopic (exact) mass is 241 g/mol. The van der Waals surface area contributed by atoms with Gasteiger partial charge in [0, 0.05) is 12.5 Å². The molecule has 1 unspecified atom stereocenters. The van der Waals surface area contributed by atoms with Crippen molar-refractivity contribution in [2.75, 3.05) is 0 Å². The zero-order valence-electron chi connectivity index (χ0n) is 8.97. The lowest BCUT2D eigenvalue weighted by atomic mass is 10.2. The molecule has 1 aromatic rings. The molecule has 0 bridgehead atoms. The number of nitrogens with one attached hydrogen (secondary N) is 2. The van der Waals surface area contributed by atoms with Crippen LogP contribution in [0.5, 0.6) is 0 Å². The third-order valence-corrected chi connectivity index (χ3v) is 3.54. The molecule has 0 spiro atoms. The van der Waals surface area contributed by atoms with E-state index in [-0.39, 0.29) is 23.2 Å². The van der Waals surface area contributed by atoms with E-state index in [0.717, 1.165) is 0 Å². The summed E-state index contributed by atoms with van der Waals surface area (Å²) in [6.45, 7) is 1.67. The third-order valence-electron chi connectivity index (χ3n) is 1.94. The van der Waals surface area contributed by atoms with Gasteiger partial charge in [0.15, 0.2) is 0 Å². The molecule has 6 heteroatoms. The molecule has 0 aliphatic rings. The van der Waals surface area contributed by atoms with E-state index in [2.05, 4.69) is 4.72 Å². The largest absolute Gasteiger partial charge is 0.388 e. The second-order valence-corrected chi connectivity index (χ2v) is 5.28. The average molecular weight is 241 g/mol. The molecule has 0 saturated heterocycles. The summed E-state index contributed by atoms with van der Waals surface area (Å²) in [6, 6.07) is 7.71. The summed E-state index contributed by atoms with van der Waals surface area (Å²) in [4.78, 5) is 0.213. The minimum absolute atomic E-state index is 0.0386. The molecule has 0 aliphatic carbocycles. The van der Waals surface area contributed by atoms with E-state index >= 15 is 0 Å². The highest BCUT2D eigenvalue weighted by Gasteiger charge is 2.16. The summed E-state index contributed by atoms with van der Waals surface area (Å²) in [5.41, 5.74) is 5.20. The smallest absolute Gasteiger partial charge is 0.240 e. The van der Waals surface area contributed by atoms with Crippen molar-refractivity contribution < 1.29 is 8.42 Å². The van der Waals surface area contributed by atoms with E-state index in [9.17, 15) is 8.42 Å². The predicted octanol–water partition coefficient (Wildman–Crippen LogP) is 0.679. The van der Waals surface area contributed by atoms with Crippen molar-refractivity contribution in [2.45, 2.75) is 24.3 Å². The fourth-order valence-electron chi connectivity index (χ4n) is 1.30. The van der Waals surface area contributed by atoms with Crippen molar-refractivity contribution in [1.29, 1.82) is 5.41 Å². The number of sulfonamides is 1. The number of benzene rings is 1. The van der Waals surface area contributed by atoms with Gasteiger partial charge in [-0.25, -0.2) is 13.1 Å². The predicted molar refractivity (Wildman–Crippen MR) is 62.8 cm³/mol. The highest BCUT2D eigenvalue weighted by Crippen LogP contribution is 2.08. The maximum atomic E-state index is 11.8. The first kappa shape index (κ1) is 12.7. The number of nitrogens with two attached hydrogens (primary N) is 1. The number of amidine groups is 1. The van der Waals surface area contributed by atoms with E-state index in [1.165, 1.54) is 12.1 Å². The van der Waals surface area contributed by atoms with Gasteiger partial charge in [0.05, 0.1) is 10.7 Å².